The van der Waals surface area contributed by atoms with Crippen molar-refractivity contribution in [2.75, 3.05) is 10.2 Å². The summed E-state index contributed by atoms with van der Waals surface area (Å²) in [5, 5.41) is 10.8. The maximum Gasteiger partial charge on any atom is 0.335 e. The molecule has 2 aromatic carbocycles. The Hall–Kier alpha value is -2.80. The number of carbonyl (C=O) groups is 3. The molecule has 122 valence electrons. The minimum absolute atomic E-state index is 0.108. The molecule has 2 aromatic rings. The Labute approximate surface area is 142 Å². The van der Waals surface area contributed by atoms with Crippen molar-refractivity contribution >= 4 is 40.3 Å². The maximum atomic E-state index is 12.5. The zero-order valence-electron chi connectivity index (χ0n) is 12.7. The highest BCUT2D eigenvalue weighted by Crippen LogP contribution is 2.32. The van der Waals surface area contributed by atoms with Crippen LogP contribution in [0.15, 0.2) is 48.5 Å². The number of carbonyl (C=O) groups excluding carboxylic acids is 2. The van der Waals surface area contributed by atoms with Crippen molar-refractivity contribution < 1.29 is 19.5 Å². The number of aryl methyl sites for hydroxylation is 1. The quantitative estimate of drug-likeness (QED) is 0.886. The van der Waals surface area contributed by atoms with Crippen LogP contribution in [0.5, 0.6) is 0 Å². The lowest BCUT2D eigenvalue weighted by atomic mass is 10.2. The van der Waals surface area contributed by atoms with Crippen LogP contribution in [0.1, 0.15) is 15.9 Å². The molecule has 2 amide bonds. The molecule has 6 nitrogen and oxygen atoms in total. The highest BCUT2D eigenvalue weighted by molar-refractivity contribution is 8.16. The van der Waals surface area contributed by atoms with Gasteiger partial charge in [0.25, 0.3) is 11.1 Å². The average molecular weight is 342 g/mol. The summed E-state index contributed by atoms with van der Waals surface area (Å²) in [5.41, 5.74) is 2.13. The van der Waals surface area contributed by atoms with Crippen molar-refractivity contribution in [2.45, 2.75) is 12.3 Å². The molecular weight excluding hydrogens is 328 g/mol. The van der Waals surface area contributed by atoms with E-state index in [4.69, 9.17) is 5.11 Å². The summed E-state index contributed by atoms with van der Waals surface area (Å²) >= 11 is 0.869. The van der Waals surface area contributed by atoms with Gasteiger partial charge in [0.15, 0.2) is 5.37 Å². The number of hydrogen-bond donors (Lipinski definition) is 2. The van der Waals surface area contributed by atoms with Crippen LogP contribution in [-0.2, 0) is 4.79 Å². The fraction of sp³-hybridized carbons (Fsp3) is 0.118. The summed E-state index contributed by atoms with van der Waals surface area (Å²) in [6, 6.07) is 13.2. The number of carboxylic acid groups (broad SMARTS) is 1. The molecule has 1 unspecified atom stereocenters. The van der Waals surface area contributed by atoms with Gasteiger partial charge in [0.05, 0.1) is 11.3 Å². The number of thioether (sulfide) groups is 1. The van der Waals surface area contributed by atoms with Gasteiger partial charge in [-0.2, -0.15) is 0 Å². The van der Waals surface area contributed by atoms with Crippen molar-refractivity contribution in [3.63, 3.8) is 0 Å². The third kappa shape index (κ3) is 3.11. The number of amides is 2. The predicted molar refractivity (Wildman–Crippen MR) is 92.5 cm³/mol. The topological polar surface area (TPSA) is 86.7 Å². The third-order valence-corrected chi connectivity index (χ3v) is 4.48. The van der Waals surface area contributed by atoms with Crippen molar-refractivity contribution in [1.29, 1.82) is 0 Å². The summed E-state index contributed by atoms with van der Waals surface area (Å²) in [6.07, 6.45) is 0. The minimum Gasteiger partial charge on any atom is -0.478 e. The van der Waals surface area contributed by atoms with Crippen molar-refractivity contribution in [2.24, 2.45) is 0 Å². The van der Waals surface area contributed by atoms with E-state index in [-0.39, 0.29) is 16.7 Å². The minimum atomic E-state index is -1.05. The highest BCUT2D eigenvalue weighted by atomic mass is 32.2. The Morgan fingerprint density at radius 3 is 2.54 bits per heavy atom. The largest absolute Gasteiger partial charge is 0.478 e. The van der Waals surface area contributed by atoms with E-state index in [1.165, 1.54) is 12.1 Å². The van der Waals surface area contributed by atoms with Gasteiger partial charge >= 0.3 is 5.97 Å². The van der Waals surface area contributed by atoms with Gasteiger partial charge in [-0.05, 0) is 49.0 Å². The first kappa shape index (κ1) is 16.1. The lowest BCUT2D eigenvalue weighted by Crippen LogP contribution is -2.34. The first-order chi connectivity index (χ1) is 11.5. The second kappa shape index (κ2) is 6.37. The molecule has 0 aromatic heterocycles. The second-order valence-electron chi connectivity index (χ2n) is 5.30. The van der Waals surface area contributed by atoms with E-state index in [0.717, 1.165) is 22.2 Å². The summed E-state index contributed by atoms with van der Waals surface area (Å²) in [6.45, 7) is 1.92. The first-order valence-electron chi connectivity index (χ1n) is 7.17. The zero-order valence-corrected chi connectivity index (χ0v) is 13.5. The maximum absolute atomic E-state index is 12.5. The van der Waals surface area contributed by atoms with E-state index in [2.05, 4.69) is 5.32 Å². The summed E-state index contributed by atoms with van der Waals surface area (Å²) < 4.78 is 0. The molecule has 0 bridgehead atoms. The van der Waals surface area contributed by atoms with E-state index in [9.17, 15) is 14.4 Å². The van der Waals surface area contributed by atoms with Crippen LogP contribution < -0.4 is 10.2 Å². The van der Waals surface area contributed by atoms with Gasteiger partial charge in [0, 0.05) is 5.69 Å². The Morgan fingerprint density at radius 2 is 1.88 bits per heavy atom. The van der Waals surface area contributed by atoms with Crippen LogP contribution in [0.3, 0.4) is 0 Å². The number of carboxylic acids is 1. The number of benzene rings is 2. The monoisotopic (exact) mass is 342 g/mol. The number of anilines is 2. The molecule has 2 N–H and O–H groups in total. The van der Waals surface area contributed by atoms with Gasteiger partial charge in [-0.1, -0.05) is 23.8 Å². The summed E-state index contributed by atoms with van der Waals surface area (Å²) in [5.74, 6) is -1.43. The molecule has 1 fully saturated rings. The van der Waals surface area contributed by atoms with Crippen molar-refractivity contribution in [1.82, 2.24) is 0 Å². The van der Waals surface area contributed by atoms with Crippen LogP contribution in [0, 0.1) is 6.92 Å². The Bertz CT molecular complexity index is 820. The van der Waals surface area contributed by atoms with Crippen LogP contribution in [0.2, 0.25) is 0 Å². The van der Waals surface area contributed by atoms with E-state index < -0.39 is 11.3 Å². The Balaban J connectivity index is 1.80. The fourth-order valence-electron chi connectivity index (χ4n) is 2.32. The average Bonchev–Trinajstić information content (AvgIpc) is 2.83. The molecule has 1 atom stereocenters. The van der Waals surface area contributed by atoms with Crippen LogP contribution in [0.25, 0.3) is 0 Å². The second-order valence-corrected chi connectivity index (χ2v) is 6.36. The molecule has 1 aliphatic heterocycles. The summed E-state index contributed by atoms with van der Waals surface area (Å²) in [7, 11) is 0. The van der Waals surface area contributed by atoms with E-state index >= 15 is 0 Å². The van der Waals surface area contributed by atoms with Gasteiger partial charge in [-0.15, -0.1) is 0 Å². The number of aromatic carboxylic acids is 1. The smallest absolute Gasteiger partial charge is 0.335 e. The van der Waals surface area contributed by atoms with Crippen LogP contribution >= 0.6 is 11.8 Å². The molecule has 1 heterocycles. The first-order valence-corrected chi connectivity index (χ1v) is 8.05. The lowest BCUT2D eigenvalue weighted by molar-refractivity contribution is -0.116. The van der Waals surface area contributed by atoms with Crippen LogP contribution in [0.4, 0.5) is 16.2 Å². The fourth-order valence-corrected chi connectivity index (χ4v) is 3.23. The standard InChI is InChI=1S/C17H14N2O4S/c1-10-5-7-13(8-6-10)19-15(20)14(24-17(19)23)18-12-4-2-3-11(9-12)16(21)22/h2-9,14,18H,1H3,(H,21,22). The normalized spacial score (nSPS) is 17.2. The molecule has 7 heteroatoms. The van der Waals surface area contributed by atoms with Crippen molar-refractivity contribution in [3.8, 4) is 0 Å². The highest BCUT2D eigenvalue weighted by Gasteiger charge is 2.40. The number of rotatable bonds is 4. The number of hydrogen-bond acceptors (Lipinski definition) is 5. The zero-order chi connectivity index (χ0) is 17.3. The van der Waals surface area contributed by atoms with Gasteiger partial charge < -0.3 is 10.4 Å². The van der Waals surface area contributed by atoms with E-state index in [1.807, 2.05) is 19.1 Å². The van der Waals surface area contributed by atoms with E-state index in [0.29, 0.717) is 11.4 Å². The third-order valence-electron chi connectivity index (χ3n) is 3.55. The Kier molecular flexibility index (Phi) is 4.26. The molecule has 0 aliphatic carbocycles. The molecule has 3 rings (SSSR count). The SMILES string of the molecule is Cc1ccc(N2C(=O)SC(Nc3cccc(C(=O)O)c3)C2=O)cc1. The van der Waals surface area contributed by atoms with Gasteiger partial charge in [0.2, 0.25) is 0 Å². The number of nitrogens with zero attached hydrogens (tertiary/aromatic N) is 1. The van der Waals surface area contributed by atoms with Gasteiger partial charge in [-0.25, -0.2) is 9.69 Å². The molecule has 0 spiro atoms. The lowest BCUT2D eigenvalue weighted by Gasteiger charge is -2.15. The Morgan fingerprint density at radius 1 is 1.17 bits per heavy atom. The molecule has 0 radical (unpaired) electrons. The number of nitrogens with one attached hydrogen (secondary N) is 1. The number of imide groups is 1. The molecule has 1 saturated heterocycles. The van der Waals surface area contributed by atoms with Crippen molar-refractivity contribution in [3.05, 3.63) is 59.7 Å². The molecule has 24 heavy (non-hydrogen) atoms. The van der Waals surface area contributed by atoms with E-state index in [1.54, 1.807) is 24.3 Å². The molecule has 0 saturated carbocycles. The predicted octanol–water partition coefficient (Wildman–Crippen LogP) is 3.33. The summed E-state index contributed by atoms with van der Waals surface area (Å²) in [4.78, 5) is 36.8. The van der Waals surface area contributed by atoms with Crippen LogP contribution in [-0.4, -0.2) is 27.6 Å². The molecular formula is C17H14N2O4S. The molecule has 1 aliphatic rings. The van der Waals surface area contributed by atoms with Gasteiger partial charge in [-0.3, -0.25) is 9.59 Å². The van der Waals surface area contributed by atoms with Gasteiger partial charge in [0.1, 0.15) is 0 Å².